The molecule has 1 N–H and O–H groups in total. The molecule has 1 atom stereocenters. The maximum atomic E-state index is 13.1. The number of fused-ring (bicyclic) bond motifs is 3. The monoisotopic (exact) mass is 408 g/mol. The molecule has 30 heavy (non-hydrogen) atoms. The van der Waals surface area contributed by atoms with Gasteiger partial charge in [0.15, 0.2) is 5.76 Å². The number of hydrogen-bond donors (Lipinski definition) is 1. The second kappa shape index (κ2) is 7.12. The lowest BCUT2D eigenvalue weighted by molar-refractivity contribution is -0.155. The van der Waals surface area contributed by atoms with Crippen LogP contribution < -0.4 is 5.32 Å². The molecule has 8 heteroatoms. The van der Waals surface area contributed by atoms with Crippen LogP contribution in [0.3, 0.4) is 0 Å². The molecular formula is C22H24N4O4. The number of nitrogens with zero attached hydrogens (tertiary/aromatic N) is 3. The predicted molar refractivity (Wildman–Crippen MR) is 110 cm³/mol. The van der Waals surface area contributed by atoms with Crippen molar-refractivity contribution in [1.82, 2.24) is 20.3 Å². The van der Waals surface area contributed by atoms with Crippen LogP contribution >= 0.6 is 0 Å². The Kier molecular flexibility index (Phi) is 4.72. The number of esters is 1. The highest BCUT2D eigenvalue weighted by atomic mass is 16.6. The molecule has 0 aliphatic carbocycles. The van der Waals surface area contributed by atoms with Gasteiger partial charge in [-0.1, -0.05) is 17.3 Å². The molecule has 1 aliphatic rings. The third-order valence-corrected chi connectivity index (χ3v) is 4.87. The van der Waals surface area contributed by atoms with Gasteiger partial charge in [0, 0.05) is 24.4 Å². The Morgan fingerprint density at radius 1 is 1.27 bits per heavy atom. The van der Waals surface area contributed by atoms with E-state index >= 15 is 0 Å². The maximum Gasteiger partial charge on any atom is 0.308 e. The average Bonchev–Trinajstić information content (AvgIpc) is 3.22. The van der Waals surface area contributed by atoms with Crippen LogP contribution in [0.2, 0.25) is 0 Å². The lowest BCUT2D eigenvalue weighted by Crippen LogP contribution is -2.31. The molecule has 1 amide bonds. The van der Waals surface area contributed by atoms with Crippen molar-refractivity contribution in [2.45, 2.75) is 45.8 Å². The van der Waals surface area contributed by atoms with Gasteiger partial charge >= 0.3 is 5.97 Å². The minimum absolute atomic E-state index is 0.0475. The molecule has 0 saturated heterocycles. The molecule has 2 aromatic heterocycles. The van der Waals surface area contributed by atoms with Crippen LogP contribution in [-0.4, -0.2) is 32.4 Å². The van der Waals surface area contributed by atoms with E-state index in [4.69, 9.17) is 9.26 Å². The summed E-state index contributed by atoms with van der Waals surface area (Å²) in [6.45, 7) is 7.23. The molecule has 3 aromatic rings. The largest absolute Gasteiger partial charge is 0.460 e. The summed E-state index contributed by atoms with van der Waals surface area (Å²) < 4.78 is 12.7. The van der Waals surface area contributed by atoms with Gasteiger partial charge in [-0.15, -0.1) is 0 Å². The standard InChI is InChI=1S/C22H24N4O4/c1-12-19-15-7-6-13(14-10-23-26(5)11-14)8-16(15)21(28)24-17(20(19)30-25-12)9-18(27)29-22(2,3)4/h6-8,10-11,17H,9H2,1-5H3,(H,24,28)/t17-/m0/s1. The smallest absolute Gasteiger partial charge is 0.308 e. The molecule has 0 spiro atoms. The Bertz CT molecular complexity index is 1140. The maximum absolute atomic E-state index is 13.1. The number of carbonyl (C=O) groups is 2. The van der Waals surface area contributed by atoms with E-state index in [1.54, 1.807) is 31.6 Å². The molecular weight excluding hydrogens is 384 g/mol. The zero-order chi connectivity index (χ0) is 21.6. The minimum atomic E-state index is -0.669. The van der Waals surface area contributed by atoms with Gasteiger partial charge in [-0.2, -0.15) is 5.10 Å². The highest BCUT2D eigenvalue weighted by molar-refractivity contribution is 6.04. The number of nitrogens with one attached hydrogen (secondary N) is 1. The predicted octanol–water partition coefficient (Wildman–Crippen LogP) is 3.57. The number of benzene rings is 1. The van der Waals surface area contributed by atoms with Crippen LogP contribution in [0, 0.1) is 6.92 Å². The molecule has 8 nitrogen and oxygen atoms in total. The topological polar surface area (TPSA) is 99.3 Å². The number of rotatable bonds is 3. The average molecular weight is 408 g/mol. The number of hydrogen-bond acceptors (Lipinski definition) is 6. The Morgan fingerprint density at radius 2 is 2.03 bits per heavy atom. The van der Waals surface area contributed by atoms with E-state index in [1.165, 1.54) is 0 Å². The Hall–Kier alpha value is -3.42. The van der Waals surface area contributed by atoms with Gasteiger partial charge in [0.05, 0.1) is 23.9 Å². The molecule has 0 bridgehead atoms. The Labute approximate surface area is 174 Å². The summed E-state index contributed by atoms with van der Waals surface area (Å²) in [5.74, 6) is -0.246. The summed E-state index contributed by atoms with van der Waals surface area (Å²) in [7, 11) is 1.84. The summed E-state index contributed by atoms with van der Waals surface area (Å²) in [4.78, 5) is 25.5. The summed E-state index contributed by atoms with van der Waals surface area (Å²) in [6, 6.07) is 4.98. The normalized spacial score (nSPS) is 15.8. The van der Waals surface area contributed by atoms with Crippen molar-refractivity contribution in [3.05, 3.63) is 47.6 Å². The molecule has 156 valence electrons. The number of aromatic nitrogens is 3. The first-order valence-electron chi connectivity index (χ1n) is 9.74. The van der Waals surface area contributed by atoms with Gasteiger partial charge in [-0.05, 0) is 44.9 Å². The molecule has 1 aromatic carbocycles. The fourth-order valence-corrected chi connectivity index (χ4v) is 3.65. The van der Waals surface area contributed by atoms with E-state index in [-0.39, 0.29) is 12.3 Å². The van der Waals surface area contributed by atoms with Gasteiger partial charge in [0.1, 0.15) is 11.6 Å². The fourth-order valence-electron chi connectivity index (χ4n) is 3.65. The van der Waals surface area contributed by atoms with Crippen molar-refractivity contribution >= 4 is 11.9 Å². The molecule has 0 saturated carbocycles. The van der Waals surface area contributed by atoms with Crippen molar-refractivity contribution < 1.29 is 18.8 Å². The third-order valence-electron chi connectivity index (χ3n) is 4.87. The fraction of sp³-hybridized carbons (Fsp3) is 0.364. The van der Waals surface area contributed by atoms with Crippen LogP contribution in [0.25, 0.3) is 22.3 Å². The number of amides is 1. The first-order valence-corrected chi connectivity index (χ1v) is 9.74. The van der Waals surface area contributed by atoms with Gasteiger partial charge in [-0.25, -0.2) is 0 Å². The second-order valence-electron chi connectivity index (χ2n) is 8.49. The van der Waals surface area contributed by atoms with E-state index in [2.05, 4.69) is 15.6 Å². The zero-order valence-electron chi connectivity index (χ0n) is 17.6. The van der Waals surface area contributed by atoms with Crippen LogP contribution in [0.15, 0.2) is 35.1 Å². The van der Waals surface area contributed by atoms with Gasteiger partial charge < -0.3 is 14.6 Å². The Balaban J connectivity index is 1.75. The first-order chi connectivity index (χ1) is 14.1. The zero-order valence-corrected chi connectivity index (χ0v) is 17.6. The number of carbonyl (C=O) groups excluding carboxylic acids is 2. The summed E-state index contributed by atoms with van der Waals surface area (Å²) in [5.41, 5.74) is 3.77. The number of ether oxygens (including phenoxy) is 1. The van der Waals surface area contributed by atoms with Crippen molar-refractivity contribution in [2.75, 3.05) is 0 Å². The lowest BCUT2D eigenvalue weighted by atomic mass is 9.94. The highest BCUT2D eigenvalue weighted by Crippen LogP contribution is 2.39. The summed E-state index contributed by atoms with van der Waals surface area (Å²) in [5, 5.41) is 11.2. The van der Waals surface area contributed by atoms with Gasteiger partial charge in [0.2, 0.25) is 0 Å². The van der Waals surface area contributed by atoms with E-state index in [0.717, 1.165) is 22.3 Å². The first kappa shape index (κ1) is 19.9. The molecule has 3 heterocycles. The summed E-state index contributed by atoms with van der Waals surface area (Å²) >= 11 is 0. The molecule has 1 aliphatic heterocycles. The van der Waals surface area contributed by atoms with E-state index in [1.807, 2.05) is 38.4 Å². The van der Waals surface area contributed by atoms with E-state index < -0.39 is 17.6 Å². The quantitative estimate of drug-likeness (QED) is 0.665. The van der Waals surface area contributed by atoms with Crippen LogP contribution in [-0.2, 0) is 16.6 Å². The van der Waals surface area contributed by atoms with Crippen molar-refractivity contribution in [3.8, 4) is 22.3 Å². The van der Waals surface area contributed by atoms with E-state index in [9.17, 15) is 9.59 Å². The van der Waals surface area contributed by atoms with Crippen LogP contribution in [0.1, 0.15) is 55.0 Å². The lowest BCUT2D eigenvalue weighted by Gasteiger charge is -2.21. The Morgan fingerprint density at radius 3 is 2.70 bits per heavy atom. The number of aryl methyl sites for hydroxylation is 2. The molecule has 0 fully saturated rings. The highest BCUT2D eigenvalue weighted by Gasteiger charge is 2.34. The SMILES string of the molecule is Cc1noc2c1-c1ccc(-c3cnn(C)c3)cc1C(=O)N[C@H]2CC(=O)OC(C)(C)C. The van der Waals surface area contributed by atoms with Crippen molar-refractivity contribution in [2.24, 2.45) is 7.05 Å². The van der Waals surface area contributed by atoms with Crippen molar-refractivity contribution in [3.63, 3.8) is 0 Å². The van der Waals surface area contributed by atoms with Crippen molar-refractivity contribution in [1.29, 1.82) is 0 Å². The van der Waals surface area contributed by atoms with Crippen LogP contribution in [0.4, 0.5) is 0 Å². The molecule has 0 unspecified atom stereocenters. The summed E-state index contributed by atoms with van der Waals surface area (Å²) in [6.07, 6.45) is 3.59. The molecule has 0 radical (unpaired) electrons. The van der Waals surface area contributed by atoms with E-state index in [0.29, 0.717) is 17.0 Å². The van der Waals surface area contributed by atoms with Crippen LogP contribution in [0.5, 0.6) is 0 Å². The minimum Gasteiger partial charge on any atom is -0.460 e. The molecule has 4 rings (SSSR count). The van der Waals surface area contributed by atoms with Gasteiger partial charge in [-0.3, -0.25) is 14.3 Å². The third kappa shape index (κ3) is 3.72. The van der Waals surface area contributed by atoms with Gasteiger partial charge in [0.25, 0.3) is 5.91 Å². The second-order valence-corrected chi connectivity index (χ2v) is 8.49.